The molecule has 1 N–H and O–H groups in total. The van der Waals surface area contributed by atoms with Gasteiger partial charge in [-0.15, -0.1) is 0 Å². The number of nitrogens with one attached hydrogen (secondary N) is 1. The zero-order valence-corrected chi connectivity index (χ0v) is 11.8. The molecule has 0 aliphatic carbocycles. The highest BCUT2D eigenvalue weighted by Crippen LogP contribution is 2.12. The van der Waals surface area contributed by atoms with Crippen molar-refractivity contribution < 1.29 is 4.74 Å². The van der Waals surface area contributed by atoms with Crippen molar-refractivity contribution in [1.29, 1.82) is 0 Å². The molecule has 1 aromatic heterocycles. The van der Waals surface area contributed by atoms with E-state index >= 15 is 0 Å². The lowest BCUT2D eigenvalue weighted by atomic mass is 10.1. The van der Waals surface area contributed by atoms with E-state index in [0.717, 1.165) is 24.3 Å². The molecule has 0 bridgehead atoms. The van der Waals surface area contributed by atoms with Gasteiger partial charge >= 0.3 is 0 Å². The van der Waals surface area contributed by atoms with Crippen molar-refractivity contribution in [3.63, 3.8) is 0 Å². The number of pyridine rings is 1. The highest BCUT2D eigenvalue weighted by atomic mass is 16.5. The standard InChI is InChI=1S/C14H24N2O2/c1-5-16-13(11(2)3)7-6-12(14(16)17)10-15-8-9-18-4/h6-7,11,15H,5,8-10H2,1-4H3. The molecule has 1 aromatic rings. The Hall–Kier alpha value is -1.13. The Morgan fingerprint density at radius 1 is 1.39 bits per heavy atom. The number of rotatable bonds is 7. The van der Waals surface area contributed by atoms with Crippen molar-refractivity contribution in [2.75, 3.05) is 20.3 Å². The number of aromatic nitrogens is 1. The molecular formula is C14H24N2O2. The third kappa shape index (κ3) is 3.68. The maximum atomic E-state index is 12.3. The third-order valence-electron chi connectivity index (χ3n) is 2.99. The Labute approximate surface area is 109 Å². The van der Waals surface area contributed by atoms with Crippen LogP contribution in [0.25, 0.3) is 0 Å². The molecule has 0 aliphatic rings. The molecule has 0 amide bonds. The quantitative estimate of drug-likeness (QED) is 0.752. The largest absolute Gasteiger partial charge is 0.383 e. The lowest BCUT2D eigenvalue weighted by molar-refractivity contribution is 0.199. The molecule has 4 heteroatoms. The number of nitrogens with zero attached hydrogens (tertiary/aromatic N) is 1. The molecule has 0 unspecified atom stereocenters. The monoisotopic (exact) mass is 252 g/mol. The molecule has 4 nitrogen and oxygen atoms in total. The van der Waals surface area contributed by atoms with E-state index < -0.39 is 0 Å². The summed E-state index contributed by atoms with van der Waals surface area (Å²) in [6.07, 6.45) is 0. The van der Waals surface area contributed by atoms with E-state index in [1.54, 1.807) is 7.11 Å². The maximum Gasteiger partial charge on any atom is 0.255 e. The van der Waals surface area contributed by atoms with Crippen LogP contribution in [0.5, 0.6) is 0 Å². The van der Waals surface area contributed by atoms with Crippen molar-refractivity contribution in [3.05, 3.63) is 33.7 Å². The second kappa shape index (κ2) is 7.34. The van der Waals surface area contributed by atoms with Crippen molar-refractivity contribution in [1.82, 2.24) is 9.88 Å². The summed E-state index contributed by atoms with van der Waals surface area (Å²) < 4.78 is 6.82. The molecule has 0 saturated heterocycles. The predicted octanol–water partition coefficient (Wildman–Crippen LogP) is 1.73. The van der Waals surface area contributed by atoms with Crippen LogP contribution in [-0.2, 0) is 17.8 Å². The molecule has 102 valence electrons. The normalized spacial score (nSPS) is 11.2. The molecule has 1 rings (SSSR count). The van der Waals surface area contributed by atoms with E-state index in [9.17, 15) is 4.79 Å². The van der Waals surface area contributed by atoms with Gasteiger partial charge in [0.05, 0.1) is 6.61 Å². The van der Waals surface area contributed by atoms with Gasteiger partial charge in [-0.2, -0.15) is 0 Å². The van der Waals surface area contributed by atoms with Crippen LogP contribution in [0.1, 0.15) is 37.9 Å². The summed E-state index contributed by atoms with van der Waals surface area (Å²) in [5.74, 6) is 0.369. The van der Waals surface area contributed by atoms with Gasteiger partial charge in [0.1, 0.15) is 0 Å². The molecule has 0 saturated carbocycles. The zero-order valence-electron chi connectivity index (χ0n) is 11.8. The Kier molecular flexibility index (Phi) is 6.09. The predicted molar refractivity (Wildman–Crippen MR) is 74.0 cm³/mol. The topological polar surface area (TPSA) is 43.3 Å². The molecule has 18 heavy (non-hydrogen) atoms. The fourth-order valence-electron chi connectivity index (χ4n) is 2.00. The Balaban J connectivity index is 2.85. The number of hydrogen-bond donors (Lipinski definition) is 1. The molecule has 0 fully saturated rings. The van der Waals surface area contributed by atoms with Crippen LogP contribution in [-0.4, -0.2) is 24.8 Å². The van der Waals surface area contributed by atoms with Gasteiger partial charge in [-0.3, -0.25) is 4.79 Å². The van der Waals surface area contributed by atoms with Crippen molar-refractivity contribution in [2.24, 2.45) is 0 Å². The van der Waals surface area contributed by atoms with Crippen LogP contribution >= 0.6 is 0 Å². The minimum absolute atomic E-state index is 0.119. The fraction of sp³-hybridized carbons (Fsp3) is 0.643. The third-order valence-corrected chi connectivity index (χ3v) is 2.99. The van der Waals surface area contributed by atoms with Gasteiger partial charge in [0, 0.05) is 38.0 Å². The van der Waals surface area contributed by atoms with E-state index in [0.29, 0.717) is 19.1 Å². The van der Waals surface area contributed by atoms with Gasteiger partial charge in [0.2, 0.25) is 0 Å². The minimum Gasteiger partial charge on any atom is -0.383 e. The van der Waals surface area contributed by atoms with E-state index in [2.05, 4.69) is 25.2 Å². The Morgan fingerprint density at radius 3 is 2.67 bits per heavy atom. The first kappa shape index (κ1) is 14.9. The van der Waals surface area contributed by atoms with E-state index in [1.807, 2.05) is 17.6 Å². The van der Waals surface area contributed by atoms with Crippen LogP contribution in [0, 0.1) is 0 Å². The second-order valence-electron chi connectivity index (χ2n) is 4.66. The summed E-state index contributed by atoms with van der Waals surface area (Å²) in [4.78, 5) is 12.3. The molecule has 0 aromatic carbocycles. The number of ether oxygens (including phenoxy) is 1. The van der Waals surface area contributed by atoms with Gasteiger partial charge in [0.15, 0.2) is 0 Å². The Bertz CT molecular complexity index is 424. The van der Waals surface area contributed by atoms with Gasteiger partial charge in [-0.25, -0.2) is 0 Å². The SMILES string of the molecule is CCn1c(C(C)C)ccc(CNCCOC)c1=O. The minimum atomic E-state index is 0.119. The summed E-state index contributed by atoms with van der Waals surface area (Å²) in [6.45, 7) is 8.96. The van der Waals surface area contributed by atoms with Crippen LogP contribution in [0.2, 0.25) is 0 Å². The summed E-state index contributed by atoms with van der Waals surface area (Å²) in [5, 5.41) is 3.21. The summed E-state index contributed by atoms with van der Waals surface area (Å²) in [7, 11) is 1.67. The highest BCUT2D eigenvalue weighted by molar-refractivity contribution is 5.18. The van der Waals surface area contributed by atoms with E-state index in [-0.39, 0.29) is 5.56 Å². The first-order valence-electron chi connectivity index (χ1n) is 6.54. The average molecular weight is 252 g/mol. The van der Waals surface area contributed by atoms with E-state index in [4.69, 9.17) is 4.74 Å². The van der Waals surface area contributed by atoms with Crippen LogP contribution in [0.15, 0.2) is 16.9 Å². The van der Waals surface area contributed by atoms with Gasteiger partial charge in [0.25, 0.3) is 5.56 Å². The van der Waals surface area contributed by atoms with Gasteiger partial charge < -0.3 is 14.6 Å². The maximum absolute atomic E-state index is 12.3. The smallest absolute Gasteiger partial charge is 0.255 e. The molecule has 0 radical (unpaired) electrons. The number of methoxy groups -OCH3 is 1. The highest BCUT2D eigenvalue weighted by Gasteiger charge is 2.09. The van der Waals surface area contributed by atoms with Crippen molar-refractivity contribution >= 4 is 0 Å². The molecule has 0 atom stereocenters. The van der Waals surface area contributed by atoms with Crippen molar-refractivity contribution in [2.45, 2.75) is 39.8 Å². The summed E-state index contributed by atoms with van der Waals surface area (Å²) >= 11 is 0. The lowest BCUT2D eigenvalue weighted by Crippen LogP contribution is -2.30. The molecule has 1 heterocycles. The van der Waals surface area contributed by atoms with Crippen LogP contribution < -0.4 is 10.9 Å². The number of hydrogen-bond acceptors (Lipinski definition) is 3. The second-order valence-corrected chi connectivity index (χ2v) is 4.66. The average Bonchev–Trinajstić information content (AvgIpc) is 2.35. The van der Waals surface area contributed by atoms with Crippen LogP contribution in [0.4, 0.5) is 0 Å². The Morgan fingerprint density at radius 2 is 2.11 bits per heavy atom. The lowest BCUT2D eigenvalue weighted by Gasteiger charge is -2.15. The molecule has 0 spiro atoms. The first-order valence-corrected chi connectivity index (χ1v) is 6.54. The molecule has 0 aliphatic heterocycles. The summed E-state index contributed by atoms with van der Waals surface area (Å²) in [5.41, 5.74) is 2.04. The first-order chi connectivity index (χ1) is 8.61. The zero-order chi connectivity index (χ0) is 13.5. The fourth-order valence-corrected chi connectivity index (χ4v) is 2.00. The van der Waals surface area contributed by atoms with Crippen LogP contribution in [0.3, 0.4) is 0 Å². The van der Waals surface area contributed by atoms with Gasteiger partial charge in [-0.05, 0) is 18.9 Å². The molecular weight excluding hydrogens is 228 g/mol. The van der Waals surface area contributed by atoms with E-state index in [1.165, 1.54) is 0 Å². The van der Waals surface area contributed by atoms with Crippen molar-refractivity contribution in [3.8, 4) is 0 Å². The summed E-state index contributed by atoms with van der Waals surface area (Å²) in [6, 6.07) is 3.99. The van der Waals surface area contributed by atoms with Gasteiger partial charge in [-0.1, -0.05) is 19.9 Å².